The third-order valence-electron chi connectivity index (χ3n) is 4.98. The zero-order valence-corrected chi connectivity index (χ0v) is 18.1. The summed E-state index contributed by atoms with van der Waals surface area (Å²) in [7, 11) is 4.76. The van der Waals surface area contributed by atoms with Gasteiger partial charge in [-0.25, -0.2) is 9.50 Å². The summed E-state index contributed by atoms with van der Waals surface area (Å²) in [5.41, 5.74) is 2.50. The summed E-state index contributed by atoms with van der Waals surface area (Å²) < 4.78 is 19.4. The first-order valence-electron chi connectivity index (χ1n) is 9.61. The third-order valence-corrected chi connectivity index (χ3v) is 6.12. The smallest absolute Gasteiger partial charge is 0.203 e. The van der Waals surface area contributed by atoms with Gasteiger partial charge >= 0.3 is 0 Å². The predicted molar refractivity (Wildman–Crippen MR) is 123 cm³/mol. The normalized spacial score (nSPS) is 11.1. The van der Waals surface area contributed by atoms with E-state index in [0.29, 0.717) is 23.1 Å². The van der Waals surface area contributed by atoms with Gasteiger partial charge in [-0.3, -0.25) is 0 Å². The molecule has 8 heteroatoms. The molecule has 0 saturated carbocycles. The zero-order chi connectivity index (χ0) is 21.4. The number of benzene rings is 2. The summed E-state index contributed by atoms with van der Waals surface area (Å²) in [5, 5.41) is 9.30. The lowest BCUT2D eigenvalue weighted by atomic mass is 10.2. The van der Waals surface area contributed by atoms with Crippen molar-refractivity contribution in [3.05, 3.63) is 60.8 Å². The van der Waals surface area contributed by atoms with Gasteiger partial charge in [-0.05, 0) is 29.7 Å². The number of nitrogens with zero attached hydrogens (tertiary/aromatic N) is 3. The van der Waals surface area contributed by atoms with E-state index in [1.54, 1.807) is 32.7 Å². The number of imidazole rings is 1. The molecular formula is C23H20N4O3S. The molecule has 156 valence electrons. The van der Waals surface area contributed by atoms with E-state index >= 15 is 0 Å². The maximum atomic E-state index is 5.44. The second kappa shape index (κ2) is 7.81. The summed E-state index contributed by atoms with van der Waals surface area (Å²) in [6.45, 7) is 0. The van der Waals surface area contributed by atoms with Crippen LogP contribution in [0.5, 0.6) is 17.2 Å². The summed E-state index contributed by atoms with van der Waals surface area (Å²) in [6.07, 6.45) is 1.86. The van der Waals surface area contributed by atoms with Crippen LogP contribution in [-0.4, -0.2) is 35.9 Å². The van der Waals surface area contributed by atoms with E-state index in [1.807, 2.05) is 41.0 Å². The van der Waals surface area contributed by atoms with E-state index in [4.69, 9.17) is 19.3 Å². The molecule has 0 aliphatic heterocycles. The van der Waals surface area contributed by atoms with Crippen molar-refractivity contribution in [1.29, 1.82) is 0 Å². The number of hydrogen-bond donors (Lipinski definition) is 1. The van der Waals surface area contributed by atoms with E-state index in [-0.39, 0.29) is 0 Å². The molecule has 5 rings (SSSR count). The average molecular weight is 433 g/mol. The van der Waals surface area contributed by atoms with Crippen LogP contribution in [0.15, 0.2) is 60.8 Å². The Bertz CT molecular complexity index is 1330. The van der Waals surface area contributed by atoms with Crippen LogP contribution in [0.4, 0.5) is 11.5 Å². The standard InChI is InChI=1S/C23H20N4O3S/c1-28-17-11-15(12-18(29-2)23(17)30-3)25-21-8-9-22-24-13-16(27(22)26-21)20-10-14-6-4-5-7-19(14)31-20/h4-13H,1-3H3,(H,25,26). The number of rotatable bonds is 6. The second-order valence-corrected chi connectivity index (χ2v) is 7.90. The third kappa shape index (κ3) is 3.40. The van der Waals surface area contributed by atoms with Gasteiger partial charge in [0.05, 0.1) is 32.4 Å². The van der Waals surface area contributed by atoms with Crippen LogP contribution in [0.1, 0.15) is 0 Å². The first kappa shape index (κ1) is 19.2. The largest absolute Gasteiger partial charge is 0.493 e. The van der Waals surface area contributed by atoms with Crippen LogP contribution in [0, 0.1) is 0 Å². The van der Waals surface area contributed by atoms with Crippen molar-refractivity contribution in [3.63, 3.8) is 0 Å². The molecule has 0 amide bonds. The minimum absolute atomic E-state index is 0.542. The zero-order valence-electron chi connectivity index (χ0n) is 17.2. The van der Waals surface area contributed by atoms with E-state index < -0.39 is 0 Å². The molecule has 0 aliphatic rings. The van der Waals surface area contributed by atoms with Gasteiger partial charge in [0.15, 0.2) is 23.0 Å². The Kier molecular flexibility index (Phi) is 4.83. The second-order valence-electron chi connectivity index (χ2n) is 6.82. The molecule has 0 radical (unpaired) electrons. The Hall–Kier alpha value is -3.78. The highest BCUT2D eigenvalue weighted by Gasteiger charge is 2.15. The van der Waals surface area contributed by atoms with Gasteiger partial charge in [-0.15, -0.1) is 16.4 Å². The molecule has 0 spiro atoms. The molecule has 0 aliphatic carbocycles. The molecule has 2 aromatic carbocycles. The van der Waals surface area contributed by atoms with E-state index in [0.717, 1.165) is 21.9 Å². The fourth-order valence-electron chi connectivity index (χ4n) is 3.52. The van der Waals surface area contributed by atoms with Gasteiger partial charge in [0.2, 0.25) is 5.75 Å². The molecule has 5 aromatic rings. The molecule has 0 unspecified atom stereocenters. The van der Waals surface area contributed by atoms with Crippen molar-refractivity contribution in [2.24, 2.45) is 0 Å². The van der Waals surface area contributed by atoms with Gasteiger partial charge in [0.1, 0.15) is 5.69 Å². The van der Waals surface area contributed by atoms with Crippen LogP contribution >= 0.6 is 11.3 Å². The summed E-state index contributed by atoms with van der Waals surface area (Å²) >= 11 is 1.73. The van der Waals surface area contributed by atoms with Gasteiger partial charge < -0.3 is 19.5 Å². The van der Waals surface area contributed by atoms with Crippen molar-refractivity contribution in [2.75, 3.05) is 26.6 Å². The fourth-order valence-corrected chi connectivity index (χ4v) is 4.58. The quantitative estimate of drug-likeness (QED) is 0.388. The molecule has 7 nitrogen and oxygen atoms in total. The van der Waals surface area contributed by atoms with Gasteiger partial charge in [-0.1, -0.05) is 18.2 Å². The van der Waals surface area contributed by atoms with E-state index in [2.05, 4.69) is 34.6 Å². The van der Waals surface area contributed by atoms with Crippen LogP contribution in [0.3, 0.4) is 0 Å². The monoisotopic (exact) mass is 432 g/mol. The fraction of sp³-hybridized carbons (Fsp3) is 0.130. The average Bonchev–Trinajstić information content (AvgIpc) is 3.41. The molecule has 0 bridgehead atoms. The minimum Gasteiger partial charge on any atom is -0.493 e. The van der Waals surface area contributed by atoms with Gasteiger partial charge in [0, 0.05) is 22.5 Å². The highest BCUT2D eigenvalue weighted by Crippen LogP contribution is 2.40. The van der Waals surface area contributed by atoms with E-state index in [1.165, 1.54) is 10.1 Å². The Morgan fingerprint density at radius 2 is 1.68 bits per heavy atom. The lowest BCUT2D eigenvalue weighted by Gasteiger charge is -2.15. The van der Waals surface area contributed by atoms with Crippen molar-refractivity contribution in [2.45, 2.75) is 0 Å². The van der Waals surface area contributed by atoms with Crippen molar-refractivity contribution >= 4 is 38.6 Å². The molecule has 0 saturated heterocycles. The Morgan fingerprint density at radius 3 is 2.39 bits per heavy atom. The molecule has 3 aromatic heterocycles. The van der Waals surface area contributed by atoms with Gasteiger partial charge in [-0.2, -0.15) is 0 Å². The summed E-state index contributed by atoms with van der Waals surface area (Å²) in [4.78, 5) is 5.63. The number of aromatic nitrogens is 3. The minimum atomic E-state index is 0.542. The molecule has 0 fully saturated rings. The Balaban J connectivity index is 1.54. The Labute approximate surface area is 182 Å². The lowest BCUT2D eigenvalue weighted by molar-refractivity contribution is 0.324. The van der Waals surface area contributed by atoms with Crippen LogP contribution in [-0.2, 0) is 0 Å². The van der Waals surface area contributed by atoms with Crippen molar-refractivity contribution in [3.8, 4) is 27.8 Å². The predicted octanol–water partition coefficient (Wildman–Crippen LogP) is 5.38. The molecular weight excluding hydrogens is 412 g/mol. The number of ether oxygens (including phenoxy) is 3. The summed E-state index contributed by atoms with van der Waals surface area (Å²) in [5.74, 6) is 2.35. The maximum Gasteiger partial charge on any atom is 0.203 e. The number of methoxy groups -OCH3 is 3. The van der Waals surface area contributed by atoms with E-state index in [9.17, 15) is 0 Å². The van der Waals surface area contributed by atoms with Crippen molar-refractivity contribution < 1.29 is 14.2 Å². The molecule has 1 N–H and O–H groups in total. The number of hydrogen-bond acceptors (Lipinski definition) is 7. The topological polar surface area (TPSA) is 69.9 Å². The number of thiophene rings is 1. The first-order valence-corrected chi connectivity index (χ1v) is 10.4. The first-order chi connectivity index (χ1) is 15.2. The van der Waals surface area contributed by atoms with Crippen LogP contribution in [0.2, 0.25) is 0 Å². The number of fused-ring (bicyclic) bond motifs is 2. The maximum absolute atomic E-state index is 5.44. The van der Waals surface area contributed by atoms with Crippen LogP contribution < -0.4 is 19.5 Å². The number of nitrogens with one attached hydrogen (secondary N) is 1. The van der Waals surface area contributed by atoms with Crippen molar-refractivity contribution in [1.82, 2.24) is 14.6 Å². The SMILES string of the molecule is COc1cc(Nc2ccc3ncc(-c4cc5ccccc5s4)n3n2)cc(OC)c1OC. The summed E-state index contributed by atoms with van der Waals surface area (Å²) in [6, 6.07) is 18.0. The van der Waals surface area contributed by atoms with Crippen LogP contribution in [0.25, 0.3) is 26.3 Å². The highest BCUT2D eigenvalue weighted by atomic mass is 32.1. The number of anilines is 2. The molecule has 31 heavy (non-hydrogen) atoms. The lowest BCUT2D eigenvalue weighted by Crippen LogP contribution is -2.01. The highest BCUT2D eigenvalue weighted by molar-refractivity contribution is 7.22. The Morgan fingerprint density at radius 1 is 0.903 bits per heavy atom. The molecule has 3 heterocycles. The van der Waals surface area contributed by atoms with Gasteiger partial charge in [0.25, 0.3) is 0 Å². The molecule has 0 atom stereocenters.